The molecule has 0 aliphatic heterocycles. The fraction of sp³-hybridized carbons (Fsp3) is 0.240. The molecule has 3 aromatic carbocycles. The van der Waals surface area contributed by atoms with Gasteiger partial charge in [-0.25, -0.2) is 0 Å². The van der Waals surface area contributed by atoms with Crippen molar-refractivity contribution < 1.29 is 9.53 Å². The van der Waals surface area contributed by atoms with E-state index >= 15 is 0 Å². The molecule has 0 bridgehead atoms. The third-order valence-corrected chi connectivity index (χ3v) is 4.72. The van der Waals surface area contributed by atoms with E-state index in [1.807, 2.05) is 38.1 Å². The number of carbonyl (C=O) groups excluding carboxylic acids is 1. The van der Waals surface area contributed by atoms with Crippen molar-refractivity contribution in [3.05, 3.63) is 101 Å². The van der Waals surface area contributed by atoms with Gasteiger partial charge in [0.25, 0.3) is 5.91 Å². The average molecular weight is 373 g/mol. The number of carbonyl (C=O) groups is 1. The van der Waals surface area contributed by atoms with Crippen LogP contribution in [-0.4, -0.2) is 19.1 Å². The molecule has 0 fully saturated rings. The predicted octanol–water partition coefficient (Wildman–Crippen LogP) is 5.02. The van der Waals surface area contributed by atoms with Crippen molar-refractivity contribution >= 4 is 5.91 Å². The zero-order valence-electron chi connectivity index (χ0n) is 16.5. The van der Waals surface area contributed by atoms with Crippen molar-refractivity contribution in [3.63, 3.8) is 0 Å². The molecule has 0 aromatic heterocycles. The van der Waals surface area contributed by atoms with E-state index in [1.54, 1.807) is 0 Å². The summed E-state index contributed by atoms with van der Waals surface area (Å²) in [6.45, 7) is 4.67. The first kappa shape index (κ1) is 19.7. The van der Waals surface area contributed by atoms with Crippen LogP contribution in [0.1, 0.15) is 34.6 Å². The summed E-state index contributed by atoms with van der Waals surface area (Å²) >= 11 is 0. The van der Waals surface area contributed by atoms with Crippen LogP contribution in [0.5, 0.6) is 5.75 Å². The number of aryl methyl sites for hydroxylation is 2. The topological polar surface area (TPSA) is 38.3 Å². The second-order valence-electron chi connectivity index (χ2n) is 7.12. The molecule has 0 aliphatic rings. The summed E-state index contributed by atoms with van der Waals surface area (Å²) in [7, 11) is 0. The molecule has 3 rings (SSSR count). The van der Waals surface area contributed by atoms with Gasteiger partial charge in [0.2, 0.25) is 0 Å². The molecular weight excluding hydrogens is 346 g/mol. The first-order valence-electron chi connectivity index (χ1n) is 9.69. The van der Waals surface area contributed by atoms with Gasteiger partial charge in [-0.1, -0.05) is 66.7 Å². The Morgan fingerprint density at radius 3 is 1.93 bits per heavy atom. The van der Waals surface area contributed by atoms with Crippen LogP contribution in [0, 0.1) is 13.8 Å². The highest BCUT2D eigenvalue weighted by Gasteiger charge is 2.14. The Labute approximate surface area is 167 Å². The van der Waals surface area contributed by atoms with Crippen molar-refractivity contribution in [2.75, 3.05) is 13.2 Å². The molecule has 0 unspecified atom stereocenters. The quantitative estimate of drug-likeness (QED) is 0.602. The molecule has 0 spiro atoms. The molecule has 1 amide bonds. The minimum absolute atomic E-state index is 0.0320. The van der Waals surface area contributed by atoms with Gasteiger partial charge in [0, 0.05) is 12.5 Å². The van der Waals surface area contributed by atoms with E-state index in [4.69, 9.17) is 4.74 Å². The molecule has 0 aliphatic carbocycles. The molecular formula is C25H27NO2. The minimum Gasteiger partial charge on any atom is -0.484 e. The van der Waals surface area contributed by atoms with E-state index in [-0.39, 0.29) is 18.4 Å². The number of hydrogen-bond donors (Lipinski definition) is 1. The highest BCUT2D eigenvalue weighted by atomic mass is 16.5. The van der Waals surface area contributed by atoms with Crippen molar-refractivity contribution in [3.8, 4) is 5.75 Å². The predicted molar refractivity (Wildman–Crippen MR) is 114 cm³/mol. The maximum absolute atomic E-state index is 12.2. The van der Waals surface area contributed by atoms with E-state index in [0.29, 0.717) is 6.54 Å². The monoisotopic (exact) mass is 373 g/mol. The molecule has 0 heterocycles. The normalized spacial score (nSPS) is 10.7. The summed E-state index contributed by atoms with van der Waals surface area (Å²) in [6, 6.07) is 26.8. The van der Waals surface area contributed by atoms with Gasteiger partial charge in [-0.2, -0.15) is 0 Å². The van der Waals surface area contributed by atoms with Crippen LogP contribution >= 0.6 is 0 Å². The number of hydrogen-bond acceptors (Lipinski definition) is 2. The van der Waals surface area contributed by atoms with Crippen LogP contribution in [0.25, 0.3) is 0 Å². The van der Waals surface area contributed by atoms with Crippen LogP contribution in [0.3, 0.4) is 0 Å². The zero-order valence-corrected chi connectivity index (χ0v) is 16.5. The van der Waals surface area contributed by atoms with Crippen molar-refractivity contribution in [1.29, 1.82) is 0 Å². The molecule has 3 heteroatoms. The molecule has 1 N–H and O–H groups in total. The average Bonchev–Trinajstić information content (AvgIpc) is 2.70. The standard InChI is InChI=1S/C25H27NO2/c1-19-15-20(2)17-23(16-19)28-18-25(27)26-14-13-24(21-9-5-3-6-10-21)22-11-7-4-8-12-22/h3-12,15-17,24H,13-14,18H2,1-2H3,(H,26,27). The number of benzene rings is 3. The van der Waals surface area contributed by atoms with Gasteiger partial charge < -0.3 is 10.1 Å². The highest BCUT2D eigenvalue weighted by Crippen LogP contribution is 2.27. The van der Waals surface area contributed by atoms with Gasteiger partial charge in [-0.15, -0.1) is 0 Å². The summed E-state index contributed by atoms with van der Waals surface area (Å²) in [6.07, 6.45) is 0.837. The van der Waals surface area contributed by atoms with E-state index in [1.165, 1.54) is 11.1 Å². The smallest absolute Gasteiger partial charge is 0.257 e. The lowest BCUT2D eigenvalue weighted by molar-refractivity contribution is -0.123. The summed E-state index contributed by atoms with van der Waals surface area (Å²) in [5.74, 6) is 0.890. The van der Waals surface area contributed by atoms with Crippen LogP contribution in [0.15, 0.2) is 78.9 Å². The molecule has 0 saturated carbocycles. The number of amides is 1. The van der Waals surface area contributed by atoms with E-state index in [0.717, 1.165) is 23.3 Å². The van der Waals surface area contributed by atoms with E-state index < -0.39 is 0 Å². The van der Waals surface area contributed by atoms with E-state index in [9.17, 15) is 4.79 Å². The summed E-state index contributed by atoms with van der Waals surface area (Å²) in [5, 5.41) is 2.99. The largest absolute Gasteiger partial charge is 0.484 e. The summed E-state index contributed by atoms with van der Waals surface area (Å²) < 4.78 is 5.64. The lowest BCUT2D eigenvalue weighted by Gasteiger charge is -2.18. The lowest BCUT2D eigenvalue weighted by atomic mass is 9.88. The Morgan fingerprint density at radius 2 is 1.39 bits per heavy atom. The third kappa shape index (κ3) is 5.71. The fourth-order valence-corrected chi connectivity index (χ4v) is 3.47. The molecule has 3 nitrogen and oxygen atoms in total. The molecule has 3 aromatic rings. The minimum atomic E-state index is -0.0981. The van der Waals surface area contributed by atoms with Crippen molar-refractivity contribution in [2.45, 2.75) is 26.2 Å². The van der Waals surface area contributed by atoms with Crippen LogP contribution in [0.4, 0.5) is 0 Å². The molecule has 144 valence electrons. The van der Waals surface area contributed by atoms with Crippen molar-refractivity contribution in [2.24, 2.45) is 0 Å². The van der Waals surface area contributed by atoms with Gasteiger partial charge >= 0.3 is 0 Å². The number of nitrogens with one attached hydrogen (secondary N) is 1. The maximum atomic E-state index is 12.2. The second kappa shape index (κ2) is 9.75. The maximum Gasteiger partial charge on any atom is 0.257 e. The Balaban J connectivity index is 1.54. The molecule has 0 saturated heterocycles. The first-order valence-corrected chi connectivity index (χ1v) is 9.69. The fourth-order valence-electron chi connectivity index (χ4n) is 3.47. The van der Waals surface area contributed by atoms with Crippen LogP contribution < -0.4 is 10.1 Å². The Bertz CT molecular complexity index is 831. The molecule has 0 atom stereocenters. The Kier molecular flexibility index (Phi) is 6.85. The third-order valence-electron chi connectivity index (χ3n) is 4.72. The first-order chi connectivity index (χ1) is 13.6. The zero-order chi connectivity index (χ0) is 19.8. The van der Waals surface area contributed by atoms with Crippen LogP contribution in [-0.2, 0) is 4.79 Å². The number of rotatable bonds is 8. The molecule has 28 heavy (non-hydrogen) atoms. The number of ether oxygens (including phenoxy) is 1. The Morgan fingerprint density at radius 1 is 0.857 bits per heavy atom. The molecule has 0 radical (unpaired) electrons. The SMILES string of the molecule is Cc1cc(C)cc(OCC(=O)NCCC(c2ccccc2)c2ccccc2)c1. The Hall–Kier alpha value is -3.07. The second-order valence-corrected chi connectivity index (χ2v) is 7.12. The van der Waals surface area contributed by atoms with Gasteiger partial charge in [0.15, 0.2) is 6.61 Å². The van der Waals surface area contributed by atoms with Crippen molar-refractivity contribution in [1.82, 2.24) is 5.32 Å². The lowest BCUT2D eigenvalue weighted by Crippen LogP contribution is -2.30. The van der Waals surface area contributed by atoms with Gasteiger partial charge in [-0.3, -0.25) is 4.79 Å². The van der Waals surface area contributed by atoms with Gasteiger partial charge in [-0.05, 0) is 54.7 Å². The van der Waals surface area contributed by atoms with Gasteiger partial charge in [0.05, 0.1) is 0 Å². The highest BCUT2D eigenvalue weighted by molar-refractivity contribution is 5.77. The van der Waals surface area contributed by atoms with Gasteiger partial charge in [0.1, 0.15) is 5.75 Å². The summed E-state index contributed by atoms with van der Waals surface area (Å²) in [5.41, 5.74) is 4.77. The van der Waals surface area contributed by atoms with E-state index in [2.05, 4.69) is 59.9 Å². The van der Waals surface area contributed by atoms with Crippen LogP contribution in [0.2, 0.25) is 0 Å². The summed E-state index contributed by atoms with van der Waals surface area (Å²) in [4.78, 5) is 12.2.